The summed E-state index contributed by atoms with van der Waals surface area (Å²) in [5.41, 5.74) is 2.00. The Morgan fingerprint density at radius 1 is 1.07 bits per heavy atom. The summed E-state index contributed by atoms with van der Waals surface area (Å²) in [6.45, 7) is 1.04. The quantitative estimate of drug-likeness (QED) is 0.581. The van der Waals surface area contributed by atoms with E-state index in [1.165, 1.54) is 0 Å². The minimum absolute atomic E-state index is 0.179. The Morgan fingerprint density at radius 3 is 2.48 bits per heavy atom. The van der Waals surface area contributed by atoms with Gasteiger partial charge in [0.25, 0.3) is 0 Å². The van der Waals surface area contributed by atoms with Crippen molar-refractivity contribution in [2.75, 3.05) is 0 Å². The molecule has 0 unspecified atom stereocenters. The van der Waals surface area contributed by atoms with Crippen LogP contribution in [0.5, 0.6) is 5.75 Å². The van der Waals surface area contributed by atoms with Gasteiger partial charge in [0.1, 0.15) is 17.4 Å². The summed E-state index contributed by atoms with van der Waals surface area (Å²) < 4.78 is 5.76. The molecule has 1 amide bonds. The van der Waals surface area contributed by atoms with Crippen LogP contribution in [0.2, 0.25) is 0 Å². The van der Waals surface area contributed by atoms with Crippen LogP contribution in [0, 0.1) is 0 Å². The topological polar surface area (TPSA) is 42.4 Å². The molecule has 1 fully saturated rings. The van der Waals surface area contributed by atoms with Gasteiger partial charge in [-0.05, 0) is 30.5 Å². The van der Waals surface area contributed by atoms with E-state index in [2.05, 4.69) is 4.98 Å². The average molecular weight is 378 g/mol. The maximum atomic E-state index is 12.8. The molecule has 0 spiro atoms. The molecule has 0 N–H and O–H groups in total. The van der Waals surface area contributed by atoms with Crippen molar-refractivity contribution >= 4 is 17.2 Å². The lowest BCUT2D eigenvalue weighted by atomic mass is 10.1. The third kappa shape index (κ3) is 4.95. The fraction of sp³-hybridized carbons (Fsp3) is 0.273. The second-order valence-electron chi connectivity index (χ2n) is 6.75. The van der Waals surface area contributed by atoms with Gasteiger partial charge >= 0.3 is 0 Å². The van der Waals surface area contributed by atoms with E-state index in [1.807, 2.05) is 70.9 Å². The summed E-state index contributed by atoms with van der Waals surface area (Å²) in [6, 6.07) is 20.0. The van der Waals surface area contributed by atoms with Crippen LogP contribution in [0.25, 0.3) is 0 Å². The normalized spacial score (nSPS) is 13.3. The molecule has 0 radical (unpaired) electrons. The fourth-order valence-electron chi connectivity index (χ4n) is 3.00. The lowest BCUT2D eigenvalue weighted by molar-refractivity contribution is -0.131. The number of carbonyl (C=O) groups is 1. The summed E-state index contributed by atoms with van der Waals surface area (Å²) in [7, 11) is 0. The van der Waals surface area contributed by atoms with Gasteiger partial charge in [0, 0.05) is 11.4 Å². The van der Waals surface area contributed by atoms with E-state index in [9.17, 15) is 4.79 Å². The van der Waals surface area contributed by atoms with Gasteiger partial charge in [-0.2, -0.15) is 0 Å². The molecule has 138 valence electrons. The largest absolute Gasteiger partial charge is 0.486 e. The number of aromatic nitrogens is 1. The molecule has 0 saturated heterocycles. The molecule has 1 aliphatic rings. The molecule has 1 heterocycles. The van der Waals surface area contributed by atoms with E-state index in [-0.39, 0.29) is 5.91 Å². The zero-order valence-corrected chi connectivity index (χ0v) is 15.9. The lowest BCUT2D eigenvalue weighted by Gasteiger charge is -2.21. The molecule has 4 rings (SSSR count). The number of rotatable bonds is 8. The lowest BCUT2D eigenvalue weighted by Crippen LogP contribution is -2.33. The van der Waals surface area contributed by atoms with Gasteiger partial charge in [-0.1, -0.05) is 48.5 Å². The van der Waals surface area contributed by atoms with Crippen molar-refractivity contribution in [3.8, 4) is 5.75 Å². The Hall–Kier alpha value is -2.66. The molecule has 0 aliphatic heterocycles. The predicted octanol–water partition coefficient (Wildman–Crippen LogP) is 4.46. The van der Waals surface area contributed by atoms with Gasteiger partial charge in [0.2, 0.25) is 5.91 Å². The number of hydrogen-bond acceptors (Lipinski definition) is 4. The Bertz CT molecular complexity index is 876. The number of para-hydroxylation sites is 1. The molecule has 2 aromatic carbocycles. The summed E-state index contributed by atoms with van der Waals surface area (Å²) in [4.78, 5) is 19.4. The standard InChI is InChI=1S/C22H22N2O2S/c25-22(13-17-7-3-1-4-8-17)24(19-11-12-19)14-18-16-27-21(23-18)15-26-20-9-5-2-6-10-20/h1-10,16,19H,11-15H2. The Kier molecular flexibility index (Phi) is 5.49. The molecule has 0 atom stereocenters. The first-order chi connectivity index (χ1) is 13.3. The molecule has 4 nitrogen and oxygen atoms in total. The molecular formula is C22H22N2O2S. The first-order valence-electron chi connectivity index (χ1n) is 9.22. The highest BCUT2D eigenvalue weighted by molar-refractivity contribution is 7.09. The minimum atomic E-state index is 0.179. The summed E-state index contributed by atoms with van der Waals surface area (Å²) in [5, 5.41) is 2.97. The van der Waals surface area contributed by atoms with Crippen LogP contribution in [-0.4, -0.2) is 21.8 Å². The van der Waals surface area contributed by atoms with Crippen molar-refractivity contribution in [1.29, 1.82) is 0 Å². The molecule has 1 aromatic heterocycles. The monoisotopic (exact) mass is 378 g/mol. The molecular weight excluding hydrogens is 356 g/mol. The number of hydrogen-bond donors (Lipinski definition) is 0. The van der Waals surface area contributed by atoms with Crippen LogP contribution in [0.3, 0.4) is 0 Å². The van der Waals surface area contributed by atoms with Gasteiger partial charge in [-0.25, -0.2) is 4.98 Å². The van der Waals surface area contributed by atoms with Gasteiger partial charge in [0.05, 0.1) is 18.7 Å². The second-order valence-corrected chi connectivity index (χ2v) is 7.69. The van der Waals surface area contributed by atoms with Crippen LogP contribution in [0.1, 0.15) is 29.1 Å². The van der Waals surface area contributed by atoms with Crippen LogP contribution in [-0.2, 0) is 24.4 Å². The van der Waals surface area contributed by atoms with Crippen LogP contribution in [0.15, 0.2) is 66.0 Å². The van der Waals surface area contributed by atoms with E-state index < -0.39 is 0 Å². The maximum absolute atomic E-state index is 12.8. The number of benzene rings is 2. The minimum Gasteiger partial charge on any atom is -0.486 e. The zero-order chi connectivity index (χ0) is 18.5. The molecule has 27 heavy (non-hydrogen) atoms. The Morgan fingerprint density at radius 2 is 1.78 bits per heavy atom. The number of carbonyl (C=O) groups excluding carboxylic acids is 1. The third-order valence-electron chi connectivity index (χ3n) is 4.54. The highest BCUT2D eigenvalue weighted by atomic mass is 32.1. The van der Waals surface area contributed by atoms with Crippen molar-refractivity contribution in [3.63, 3.8) is 0 Å². The number of thiazole rings is 1. The van der Waals surface area contributed by atoms with Gasteiger partial charge in [-0.15, -0.1) is 11.3 Å². The van der Waals surface area contributed by atoms with Gasteiger partial charge in [-0.3, -0.25) is 4.79 Å². The van der Waals surface area contributed by atoms with E-state index >= 15 is 0 Å². The first-order valence-corrected chi connectivity index (χ1v) is 10.1. The highest BCUT2D eigenvalue weighted by Crippen LogP contribution is 2.29. The number of ether oxygens (including phenoxy) is 1. The van der Waals surface area contributed by atoms with Crippen molar-refractivity contribution in [3.05, 3.63) is 82.3 Å². The van der Waals surface area contributed by atoms with Crippen molar-refractivity contribution in [1.82, 2.24) is 9.88 Å². The zero-order valence-electron chi connectivity index (χ0n) is 15.1. The molecule has 3 aromatic rings. The molecule has 0 bridgehead atoms. The average Bonchev–Trinajstić information content (AvgIpc) is 3.45. The van der Waals surface area contributed by atoms with Crippen LogP contribution >= 0.6 is 11.3 Å². The van der Waals surface area contributed by atoms with Gasteiger partial charge < -0.3 is 9.64 Å². The van der Waals surface area contributed by atoms with Crippen LogP contribution in [0.4, 0.5) is 0 Å². The molecule has 1 saturated carbocycles. The Balaban J connectivity index is 1.36. The van der Waals surface area contributed by atoms with E-state index in [0.29, 0.717) is 25.6 Å². The Labute approximate surface area is 163 Å². The summed E-state index contributed by atoms with van der Waals surface area (Å²) >= 11 is 1.58. The van der Waals surface area contributed by atoms with Gasteiger partial charge in [0.15, 0.2) is 0 Å². The summed E-state index contributed by atoms with van der Waals surface area (Å²) in [6.07, 6.45) is 2.63. The van der Waals surface area contributed by atoms with Crippen molar-refractivity contribution in [2.45, 2.75) is 38.5 Å². The van der Waals surface area contributed by atoms with Crippen molar-refractivity contribution in [2.24, 2.45) is 0 Å². The van der Waals surface area contributed by atoms with E-state index in [1.54, 1.807) is 11.3 Å². The second kappa shape index (κ2) is 8.35. The molecule has 1 aliphatic carbocycles. The summed E-state index contributed by atoms with van der Waals surface area (Å²) in [5.74, 6) is 1.02. The van der Waals surface area contributed by atoms with E-state index in [0.717, 1.165) is 34.9 Å². The SMILES string of the molecule is O=C(Cc1ccccc1)N(Cc1csc(COc2ccccc2)n1)C1CC1. The van der Waals surface area contributed by atoms with Crippen molar-refractivity contribution < 1.29 is 9.53 Å². The van der Waals surface area contributed by atoms with Crippen LogP contribution < -0.4 is 4.74 Å². The fourth-order valence-corrected chi connectivity index (χ4v) is 3.70. The number of amides is 1. The first kappa shape index (κ1) is 17.7. The third-order valence-corrected chi connectivity index (χ3v) is 5.41. The van der Waals surface area contributed by atoms with E-state index in [4.69, 9.17) is 4.74 Å². The maximum Gasteiger partial charge on any atom is 0.227 e. The predicted molar refractivity (Wildman–Crippen MR) is 107 cm³/mol. The number of nitrogens with zero attached hydrogens (tertiary/aromatic N) is 2. The smallest absolute Gasteiger partial charge is 0.227 e. The highest BCUT2D eigenvalue weighted by Gasteiger charge is 2.32. The molecule has 5 heteroatoms.